The van der Waals surface area contributed by atoms with Crippen LogP contribution in [0.25, 0.3) is 10.9 Å². The highest BCUT2D eigenvalue weighted by Crippen LogP contribution is 2.31. The second-order valence-electron chi connectivity index (χ2n) is 7.87. The van der Waals surface area contributed by atoms with Crippen molar-refractivity contribution >= 4 is 20.9 Å². The molecule has 176 valence electrons. The van der Waals surface area contributed by atoms with Gasteiger partial charge in [0.05, 0.1) is 10.5 Å². The molecule has 1 N–H and O–H groups in total. The lowest BCUT2D eigenvalue weighted by molar-refractivity contribution is -0.137. The summed E-state index contributed by atoms with van der Waals surface area (Å²) in [5.74, 6) is 0. The summed E-state index contributed by atoms with van der Waals surface area (Å²) < 4.78 is 67.6. The summed E-state index contributed by atoms with van der Waals surface area (Å²) in [4.78, 5) is 18.9. The standard InChI is InChI=1S/C24H20F3N3O3S/c1-16-7-8-22-18(10-16)11-19(23(31)29-22)15-30(14-17-4-3-9-28-13-17)34(32,33)21-6-2-5-20(12-21)24(25,26)27/h2-13H,14-15H2,1H3,(H,29,31). The maximum Gasteiger partial charge on any atom is 0.416 e. The molecule has 0 spiro atoms. The third kappa shape index (κ3) is 5.02. The molecule has 0 aliphatic heterocycles. The molecule has 0 saturated carbocycles. The number of pyridine rings is 2. The Balaban J connectivity index is 1.80. The van der Waals surface area contributed by atoms with Gasteiger partial charge in [0.2, 0.25) is 10.0 Å². The van der Waals surface area contributed by atoms with Gasteiger partial charge in [-0.3, -0.25) is 9.78 Å². The van der Waals surface area contributed by atoms with Crippen LogP contribution < -0.4 is 5.56 Å². The van der Waals surface area contributed by atoms with E-state index in [1.165, 1.54) is 12.4 Å². The third-order valence-corrected chi connectivity index (χ3v) is 7.09. The Morgan fingerprint density at radius 3 is 2.50 bits per heavy atom. The van der Waals surface area contributed by atoms with Gasteiger partial charge >= 0.3 is 6.18 Å². The number of benzene rings is 2. The fourth-order valence-electron chi connectivity index (χ4n) is 3.58. The van der Waals surface area contributed by atoms with Crippen molar-refractivity contribution < 1.29 is 21.6 Å². The summed E-state index contributed by atoms with van der Waals surface area (Å²) in [6.07, 6.45) is -1.72. The molecule has 2 aromatic heterocycles. The largest absolute Gasteiger partial charge is 0.416 e. The molecule has 0 unspecified atom stereocenters. The minimum atomic E-state index is -4.70. The van der Waals surface area contributed by atoms with E-state index in [4.69, 9.17) is 0 Å². The van der Waals surface area contributed by atoms with Crippen molar-refractivity contribution in [2.75, 3.05) is 0 Å². The summed E-state index contributed by atoms with van der Waals surface area (Å²) in [5.41, 5.74) is 0.678. The average molecular weight is 488 g/mol. The molecule has 4 aromatic rings. The van der Waals surface area contributed by atoms with Gasteiger partial charge in [-0.2, -0.15) is 17.5 Å². The van der Waals surface area contributed by atoms with Crippen molar-refractivity contribution in [1.29, 1.82) is 0 Å². The highest BCUT2D eigenvalue weighted by molar-refractivity contribution is 7.89. The molecule has 10 heteroatoms. The Kier molecular flexibility index (Phi) is 6.28. The molecule has 0 radical (unpaired) electrons. The molecule has 34 heavy (non-hydrogen) atoms. The van der Waals surface area contributed by atoms with Crippen LogP contribution in [-0.2, 0) is 29.3 Å². The van der Waals surface area contributed by atoms with Crippen molar-refractivity contribution in [3.8, 4) is 0 Å². The summed E-state index contributed by atoms with van der Waals surface area (Å²) in [6, 6.07) is 13.9. The van der Waals surface area contributed by atoms with E-state index in [1.54, 1.807) is 24.3 Å². The Labute approximate surface area is 193 Å². The van der Waals surface area contributed by atoms with Crippen LogP contribution >= 0.6 is 0 Å². The number of nitrogens with one attached hydrogen (secondary N) is 1. The number of hydrogen-bond acceptors (Lipinski definition) is 4. The number of fused-ring (bicyclic) bond motifs is 1. The average Bonchev–Trinajstić information content (AvgIpc) is 2.79. The van der Waals surface area contributed by atoms with Gasteiger partial charge in [-0.05, 0) is 60.3 Å². The van der Waals surface area contributed by atoms with E-state index in [-0.39, 0.29) is 18.7 Å². The zero-order valence-electron chi connectivity index (χ0n) is 18.0. The normalized spacial score (nSPS) is 12.4. The molecule has 0 fully saturated rings. The first-order valence-electron chi connectivity index (χ1n) is 10.2. The zero-order valence-corrected chi connectivity index (χ0v) is 18.8. The monoisotopic (exact) mass is 487 g/mol. The molecule has 2 aromatic carbocycles. The van der Waals surface area contributed by atoms with E-state index in [2.05, 4.69) is 9.97 Å². The quantitative estimate of drug-likeness (QED) is 0.430. The predicted octanol–water partition coefficient (Wildman–Crippen LogP) is 4.64. The number of halogens is 3. The molecular weight excluding hydrogens is 467 g/mol. The van der Waals surface area contributed by atoms with Gasteiger partial charge in [0, 0.05) is 36.6 Å². The maximum atomic E-state index is 13.5. The number of nitrogens with zero attached hydrogens (tertiary/aromatic N) is 2. The van der Waals surface area contributed by atoms with Crippen molar-refractivity contribution in [3.05, 3.63) is 106 Å². The lowest BCUT2D eigenvalue weighted by Gasteiger charge is -2.23. The number of hydrogen-bond donors (Lipinski definition) is 1. The van der Waals surface area contributed by atoms with Gasteiger partial charge < -0.3 is 4.98 Å². The Bertz CT molecular complexity index is 1500. The summed E-state index contributed by atoms with van der Waals surface area (Å²) in [6.45, 7) is 1.36. The SMILES string of the molecule is Cc1ccc2[nH]c(=O)c(CN(Cc3cccnc3)S(=O)(=O)c3cccc(C(F)(F)F)c3)cc2c1. The van der Waals surface area contributed by atoms with Crippen LogP contribution in [0.15, 0.2) is 82.7 Å². The number of aryl methyl sites for hydroxylation is 1. The summed E-state index contributed by atoms with van der Waals surface area (Å²) in [7, 11) is -4.41. The Morgan fingerprint density at radius 2 is 1.79 bits per heavy atom. The van der Waals surface area contributed by atoms with Crippen molar-refractivity contribution in [2.24, 2.45) is 0 Å². The lowest BCUT2D eigenvalue weighted by atomic mass is 10.1. The molecule has 0 atom stereocenters. The van der Waals surface area contributed by atoms with Crippen LogP contribution in [0.1, 0.15) is 22.3 Å². The first kappa shape index (κ1) is 23.7. The Hall–Kier alpha value is -3.50. The minimum Gasteiger partial charge on any atom is -0.322 e. The van der Waals surface area contributed by atoms with Crippen molar-refractivity contribution in [2.45, 2.75) is 31.1 Å². The number of aromatic nitrogens is 2. The molecular formula is C24H20F3N3O3S. The smallest absolute Gasteiger partial charge is 0.322 e. The number of rotatable bonds is 6. The first-order chi connectivity index (χ1) is 16.0. The van der Waals surface area contributed by atoms with Gasteiger partial charge in [0.15, 0.2) is 0 Å². The fourth-order valence-corrected chi connectivity index (χ4v) is 5.03. The zero-order chi connectivity index (χ0) is 24.5. The molecule has 6 nitrogen and oxygen atoms in total. The second kappa shape index (κ2) is 9.03. The highest BCUT2D eigenvalue weighted by atomic mass is 32.2. The molecule has 4 rings (SSSR count). The van der Waals surface area contributed by atoms with E-state index >= 15 is 0 Å². The van der Waals surface area contributed by atoms with Crippen LogP contribution in [0, 0.1) is 6.92 Å². The first-order valence-corrected chi connectivity index (χ1v) is 11.7. The Morgan fingerprint density at radius 1 is 1.00 bits per heavy atom. The number of alkyl halides is 3. The van der Waals surface area contributed by atoms with E-state index in [9.17, 15) is 26.4 Å². The molecule has 0 bridgehead atoms. The van der Waals surface area contributed by atoms with Gasteiger partial charge in [0.1, 0.15) is 0 Å². The van der Waals surface area contributed by atoms with Crippen LogP contribution in [0.4, 0.5) is 13.2 Å². The van der Waals surface area contributed by atoms with E-state index in [0.29, 0.717) is 22.5 Å². The van der Waals surface area contributed by atoms with Gasteiger partial charge in [-0.1, -0.05) is 23.8 Å². The van der Waals surface area contributed by atoms with Crippen molar-refractivity contribution in [3.63, 3.8) is 0 Å². The number of sulfonamides is 1. The summed E-state index contributed by atoms with van der Waals surface area (Å²) >= 11 is 0. The van der Waals surface area contributed by atoms with Crippen molar-refractivity contribution in [1.82, 2.24) is 14.3 Å². The third-order valence-electron chi connectivity index (χ3n) is 5.30. The maximum absolute atomic E-state index is 13.5. The molecule has 0 amide bonds. The van der Waals surface area contributed by atoms with Gasteiger partial charge in [0.25, 0.3) is 5.56 Å². The topological polar surface area (TPSA) is 83.1 Å². The molecule has 0 saturated heterocycles. The highest BCUT2D eigenvalue weighted by Gasteiger charge is 2.33. The fraction of sp³-hybridized carbons (Fsp3) is 0.167. The van der Waals surface area contributed by atoms with Gasteiger partial charge in [-0.15, -0.1) is 0 Å². The molecule has 2 heterocycles. The summed E-state index contributed by atoms with van der Waals surface area (Å²) in [5, 5.41) is 0.715. The number of H-pyrrole nitrogens is 1. The molecule has 0 aliphatic rings. The van der Waals surface area contributed by atoms with Crippen LogP contribution in [0.3, 0.4) is 0 Å². The second-order valence-corrected chi connectivity index (χ2v) is 9.81. The lowest BCUT2D eigenvalue weighted by Crippen LogP contribution is -2.32. The van der Waals surface area contributed by atoms with Crippen LogP contribution in [0.2, 0.25) is 0 Å². The predicted molar refractivity (Wildman–Crippen MR) is 121 cm³/mol. The van der Waals surface area contributed by atoms with Gasteiger partial charge in [-0.25, -0.2) is 8.42 Å². The van der Waals surface area contributed by atoms with E-state index in [0.717, 1.165) is 28.1 Å². The van der Waals surface area contributed by atoms with E-state index < -0.39 is 32.2 Å². The van der Waals surface area contributed by atoms with E-state index in [1.807, 2.05) is 19.1 Å². The van der Waals surface area contributed by atoms with Crippen LogP contribution in [-0.4, -0.2) is 22.7 Å². The minimum absolute atomic E-state index is 0.164. The number of aromatic amines is 1. The molecule has 0 aliphatic carbocycles. The van der Waals surface area contributed by atoms with Crippen LogP contribution in [0.5, 0.6) is 0 Å².